The maximum Gasteiger partial charge on any atom is 0.257 e. The summed E-state index contributed by atoms with van der Waals surface area (Å²) in [6, 6.07) is 6.43. The van der Waals surface area contributed by atoms with Crippen LogP contribution in [-0.2, 0) is 0 Å². The van der Waals surface area contributed by atoms with Crippen molar-refractivity contribution in [2.75, 3.05) is 26.2 Å². The summed E-state index contributed by atoms with van der Waals surface area (Å²) in [5.41, 5.74) is 2.34. The van der Waals surface area contributed by atoms with Gasteiger partial charge in [0.1, 0.15) is 0 Å². The number of aliphatic hydroxyl groups excluding tert-OH is 1. The number of aliphatic hydroxyl groups is 1. The van der Waals surface area contributed by atoms with Gasteiger partial charge in [-0.3, -0.25) is 4.79 Å². The predicted molar refractivity (Wildman–Crippen MR) is 132 cm³/mol. The van der Waals surface area contributed by atoms with Gasteiger partial charge in [0.05, 0.1) is 34.1 Å². The minimum atomic E-state index is -0.154. The molecule has 180 valence electrons. The standard InChI is InChI=1S/C25H32N6O2S/c1-17(2)23-20(16-27-31(23)25-26-10-5-21(28-25)22-4-3-15-34-22)24(33)30-11-6-18(7-12-30)29-13-8-19(32)9-14-29/h3-5,10,15-19,32H,6-9,11-14H2,1-2H3. The van der Waals surface area contributed by atoms with Crippen molar-refractivity contribution < 1.29 is 9.90 Å². The Morgan fingerprint density at radius 1 is 1.12 bits per heavy atom. The molecular weight excluding hydrogens is 448 g/mol. The first kappa shape index (κ1) is 23.1. The van der Waals surface area contributed by atoms with Crippen molar-refractivity contribution >= 4 is 17.2 Å². The number of carbonyl (C=O) groups is 1. The van der Waals surface area contributed by atoms with Gasteiger partial charge in [-0.15, -0.1) is 11.3 Å². The first-order chi connectivity index (χ1) is 16.5. The van der Waals surface area contributed by atoms with E-state index in [-0.39, 0.29) is 17.9 Å². The molecule has 8 nitrogen and oxygen atoms in total. The Balaban J connectivity index is 1.33. The van der Waals surface area contributed by atoms with Gasteiger partial charge in [-0.2, -0.15) is 5.10 Å². The third kappa shape index (κ3) is 4.64. The lowest BCUT2D eigenvalue weighted by atomic mass is 9.98. The molecule has 2 aliphatic rings. The highest BCUT2D eigenvalue weighted by Gasteiger charge is 2.31. The van der Waals surface area contributed by atoms with E-state index in [4.69, 9.17) is 4.98 Å². The van der Waals surface area contributed by atoms with Gasteiger partial charge in [-0.25, -0.2) is 14.6 Å². The number of piperidine rings is 2. The summed E-state index contributed by atoms with van der Waals surface area (Å²) >= 11 is 1.63. The van der Waals surface area contributed by atoms with E-state index in [0.717, 1.165) is 68.1 Å². The number of aromatic nitrogens is 4. The van der Waals surface area contributed by atoms with Crippen molar-refractivity contribution in [1.82, 2.24) is 29.5 Å². The molecule has 0 aliphatic carbocycles. The summed E-state index contributed by atoms with van der Waals surface area (Å²) in [5, 5.41) is 16.4. The van der Waals surface area contributed by atoms with Gasteiger partial charge in [0.15, 0.2) is 0 Å². The van der Waals surface area contributed by atoms with Crippen LogP contribution in [0.25, 0.3) is 16.5 Å². The topological polar surface area (TPSA) is 87.4 Å². The quantitative estimate of drug-likeness (QED) is 0.601. The fourth-order valence-corrected chi connectivity index (χ4v) is 5.80. The number of hydrogen-bond acceptors (Lipinski definition) is 7. The average Bonchev–Trinajstić information content (AvgIpc) is 3.55. The van der Waals surface area contributed by atoms with E-state index in [1.807, 2.05) is 28.5 Å². The van der Waals surface area contributed by atoms with Crippen LogP contribution >= 0.6 is 11.3 Å². The van der Waals surface area contributed by atoms with Crippen molar-refractivity contribution in [2.24, 2.45) is 0 Å². The molecule has 3 aromatic heterocycles. The summed E-state index contributed by atoms with van der Waals surface area (Å²) in [6.45, 7) is 7.54. The lowest BCUT2D eigenvalue weighted by molar-refractivity contribution is 0.0356. The van der Waals surface area contributed by atoms with Crippen LogP contribution in [0.5, 0.6) is 0 Å². The van der Waals surface area contributed by atoms with Crippen molar-refractivity contribution in [3.63, 3.8) is 0 Å². The third-order valence-corrected chi connectivity index (χ3v) is 7.85. The van der Waals surface area contributed by atoms with E-state index < -0.39 is 0 Å². The fraction of sp³-hybridized carbons (Fsp3) is 0.520. The fourth-order valence-electron chi connectivity index (χ4n) is 5.11. The molecule has 0 atom stereocenters. The molecule has 0 unspecified atom stereocenters. The Kier molecular flexibility index (Phi) is 6.76. The van der Waals surface area contributed by atoms with E-state index in [2.05, 4.69) is 28.8 Å². The van der Waals surface area contributed by atoms with Crippen LogP contribution < -0.4 is 0 Å². The molecule has 2 aliphatic heterocycles. The molecule has 1 amide bonds. The summed E-state index contributed by atoms with van der Waals surface area (Å²) < 4.78 is 1.72. The predicted octanol–water partition coefficient (Wildman–Crippen LogP) is 3.58. The molecule has 5 rings (SSSR count). The van der Waals surface area contributed by atoms with Gasteiger partial charge in [-0.05, 0) is 49.1 Å². The highest BCUT2D eigenvalue weighted by Crippen LogP contribution is 2.27. The first-order valence-corrected chi connectivity index (χ1v) is 13.1. The number of hydrogen-bond donors (Lipinski definition) is 1. The lowest BCUT2D eigenvalue weighted by Gasteiger charge is -2.41. The van der Waals surface area contributed by atoms with E-state index in [1.54, 1.807) is 28.4 Å². The molecule has 5 heterocycles. The average molecular weight is 481 g/mol. The van der Waals surface area contributed by atoms with Crippen LogP contribution in [0, 0.1) is 0 Å². The van der Waals surface area contributed by atoms with Crippen molar-refractivity contribution in [3.8, 4) is 16.5 Å². The summed E-state index contributed by atoms with van der Waals surface area (Å²) in [6.07, 6.45) is 6.92. The number of nitrogens with zero attached hydrogens (tertiary/aromatic N) is 6. The van der Waals surface area contributed by atoms with E-state index >= 15 is 0 Å². The largest absolute Gasteiger partial charge is 0.393 e. The molecule has 2 saturated heterocycles. The van der Waals surface area contributed by atoms with Gasteiger partial charge in [-0.1, -0.05) is 19.9 Å². The van der Waals surface area contributed by atoms with Gasteiger partial charge in [0, 0.05) is 38.4 Å². The summed E-state index contributed by atoms with van der Waals surface area (Å²) in [7, 11) is 0. The SMILES string of the molecule is CC(C)c1c(C(=O)N2CCC(N3CCC(O)CC3)CC2)cnn1-c1nccc(-c2cccs2)n1. The minimum absolute atomic E-state index is 0.0388. The maximum absolute atomic E-state index is 13.5. The van der Waals surface area contributed by atoms with Crippen LogP contribution in [0.3, 0.4) is 0 Å². The Bertz CT molecular complexity index is 1110. The zero-order chi connectivity index (χ0) is 23.7. The summed E-state index contributed by atoms with van der Waals surface area (Å²) in [4.78, 5) is 28.3. The molecule has 3 aromatic rings. The number of likely N-dealkylation sites (tertiary alicyclic amines) is 2. The van der Waals surface area contributed by atoms with Crippen LogP contribution in [0.4, 0.5) is 0 Å². The Hall–Kier alpha value is -2.62. The molecule has 0 bridgehead atoms. The number of carbonyl (C=O) groups excluding carboxylic acids is 1. The molecule has 34 heavy (non-hydrogen) atoms. The van der Waals surface area contributed by atoms with Crippen molar-refractivity contribution in [2.45, 2.75) is 57.6 Å². The van der Waals surface area contributed by atoms with Crippen molar-refractivity contribution in [3.05, 3.63) is 47.2 Å². The highest BCUT2D eigenvalue weighted by atomic mass is 32.1. The molecule has 1 N–H and O–H groups in total. The van der Waals surface area contributed by atoms with Crippen molar-refractivity contribution in [1.29, 1.82) is 0 Å². The second kappa shape index (κ2) is 9.93. The number of amides is 1. The van der Waals surface area contributed by atoms with E-state index in [0.29, 0.717) is 17.6 Å². The summed E-state index contributed by atoms with van der Waals surface area (Å²) in [5.74, 6) is 0.615. The Morgan fingerprint density at radius 2 is 1.88 bits per heavy atom. The number of rotatable bonds is 5. The second-order valence-electron chi connectivity index (χ2n) is 9.52. The van der Waals surface area contributed by atoms with Crippen LogP contribution in [0.2, 0.25) is 0 Å². The Labute approximate surface area is 204 Å². The maximum atomic E-state index is 13.5. The molecule has 9 heteroatoms. The molecule has 0 saturated carbocycles. The first-order valence-electron chi connectivity index (χ1n) is 12.2. The molecular formula is C25H32N6O2S. The molecule has 0 aromatic carbocycles. The highest BCUT2D eigenvalue weighted by molar-refractivity contribution is 7.13. The minimum Gasteiger partial charge on any atom is -0.393 e. The molecule has 2 fully saturated rings. The second-order valence-corrected chi connectivity index (χ2v) is 10.5. The third-order valence-electron chi connectivity index (χ3n) is 6.96. The number of thiophene rings is 1. The van der Waals surface area contributed by atoms with Gasteiger partial charge in [0.2, 0.25) is 0 Å². The molecule has 0 radical (unpaired) electrons. The van der Waals surface area contributed by atoms with E-state index in [1.165, 1.54) is 0 Å². The van der Waals surface area contributed by atoms with Gasteiger partial charge in [0.25, 0.3) is 11.9 Å². The molecule has 0 spiro atoms. The zero-order valence-electron chi connectivity index (χ0n) is 19.8. The van der Waals surface area contributed by atoms with Gasteiger partial charge < -0.3 is 14.9 Å². The smallest absolute Gasteiger partial charge is 0.257 e. The zero-order valence-corrected chi connectivity index (χ0v) is 20.6. The Morgan fingerprint density at radius 3 is 2.56 bits per heavy atom. The van der Waals surface area contributed by atoms with Crippen LogP contribution in [0.1, 0.15) is 61.5 Å². The lowest BCUT2D eigenvalue weighted by Crippen LogP contribution is -2.49. The van der Waals surface area contributed by atoms with Gasteiger partial charge >= 0.3 is 0 Å². The monoisotopic (exact) mass is 480 g/mol. The van der Waals surface area contributed by atoms with Crippen LogP contribution in [-0.4, -0.2) is 78.9 Å². The van der Waals surface area contributed by atoms with Crippen LogP contribution in [0.15, 0.2) is 36.0 Å². The normalized spacial score (nSPS) is 18.6. The van der Waals surface area contributed by atoms with E-state index in [9.17, 15) is 9.90 Å².